The predicted octanol–water partition coefficient (Wildman–Crippen LogP) is 2.98. The van der Waals surface area contributed by atoms with E-state index in [0.29, 0.717) is 25.4 Å². The molecule has 1 heterocycles. The van der Waals surface area contributed by atoms with E-state index in [4.69, 9.17) is 9.47 Å². The molecular weight excluding hydrogens is 332 g/mol. The van der Waals surface area contributed by atoms with Crippen LogP contribution < -0.4 is 15.0 Å². The van der Waals surface area contributed by atoms with Gasteiger partial charge in [0.2, 0.25) is 5.91 Å². The zero-order chi connectivity index (χ0) is 18.4. The molecule has 26 heavy (non-hydrogen) atoms. The topological polar surface area (TPSA) is 67.9 Å². The number of para-hydroxylation sites is 1. The summed E-state index contributed by atoms with van der Waals surface area (Å²) in [5.41, 5.74) is 2.50. The fourth-order valence-electron chi connectivity index (χ4n) is 2.68. The average molecular weight is 352 g/mol. The molecule has 0 spiro atoms. The molecule has 1 fully saturated rings. The van der Waals surface area contributed by atoms with Crippen LogP contribution in [0.3, 0.4) is 0 Å². The molecule has 0 radical (unpaired) electrons. The van der Waals surface area contributed by atoms with Crippen LogP contribution in [0.1, 0.15) is 11.1 Å². The lowest BCUT2D eigenvalue weighted by molar-refractivity contribution is -0.116. The Morgan fingerprint density at radius 1 is 1.27 bits per heavy atom. The predicted molar refractivity (Wildman–Crippen MR) is 99.0 cm³/mol. The van der Waals surface area contributed by atoms with Gasteiger partial charge in [-0.15, -0.1) is 0 Å². The zero-order valence-corrected chi connectivity index (χ0v) is 14.5. The SMILES string of the molecule is COc1ccccc1/C=C/C(=O)NCc1cccc(N2CCOC2=O)c1. The number of rotatable bonds is 6. The van der Waals surface area contributed by atoms with Crippen molar-refractivity contribution in [1.82, 2.24) is 5.32 Å². The highest BCUT2D eigenvalue weighted by Gasteiger charge is 2.23. The molecular formula is C20H20N2O4. The summed E-state index contributed by atoms with van der Waals surface area (Å²) in [4.78, 5) is 25.3. The van der Waals surface area contributed by atoms with Crippen LogP contribution in [-0.4, -0.2) is 32.3 Å². The molecule has 1 aliphatic heterocycles. The van der Waals surface area contributed by atoms with Crippen molar-refractivity contribution in [3.63, 3.8) is 0 Å². The molecule has 134 valence electrons. The van der Waals surface area contributed by atoms with E-state index < -0.39 is 0 Å². The summed E-state index contributed by atoms with van der Waals surface area (Å²) in [6.07, 6.45) is 2.84. The van der Waals surface area contributed by atoms with Crippen molar-refractivity contribution in [3.8, 4) is 5.75 Å². The number of benzene rings is 2. The minimum Gasteiger partial charge on any atom is -0.496 e. The van der Waals surface area contributed by atoms with E-state index in [0.717, 1.165) is 16.8 Å². The molecule has 1 saturated heterocycles. The summed E-state index contributed by atoms with van der Waals surface area (Å²) in [7, 11) is 1.59. The van der Waals surface area contributed by atoms with E-state index >= 15 is 0 Å². The molecule has 0 atom stereocenters. The maximum absolute atomic E-state index is 12.1. The van der Waals surface area contributed by atoms with E-state index in [-0.39, 0.29) is 12.0 Å². The number of cyclic esters (lactones) is 1. The van der Waals surface area contributed by atoms with Gasteiger partial charge in [0.25, 0.3) is 0 Å². The highest BCUT2D eigenvalue weighted by Crippen LogP contribution is 2.20. The standard InChI is InChI=1S/C20H20N2O4/c1-25-18-8-3-2-6-16(18)9-10-19(23)21-14-15-5-4-7-17(13-15)22-11-12-26-20(22)24/h2-10,13H,11-12,14H2,1H3,(H,21,23)/b10-9+. The van der Waals surface area contributed by atoms with E-state index in [1.165, 1.54) is 6.08 Å². The Morgan fingerprint density at radius 2 is 2.12 bits per heavy atom. The van der Waals surface area contributed by atoms with Crippen molar-refractivity contribution < 1.29 is 19.1 Å². The second kappa shape index (κ2) is 8.20. The first-order valence-corrected chi connectivity index (χ1v) is 8.29. The molecule has 2 amide bonds. The number of anilines is 1. The van der Waals surface area contributed by atoms with Gasteiger partial charge in [-0.05, 0) is 29.8 Å². The summed E-state index contributed by atoms with van der Waals surface area (Å²) in [6.45, 7) is 1.30. The lowest BCUT2D eigenvalue weighted by atomic mass is 10.1. The van der Waals surface area contributed by atoms with Gasteiger partial charge in [-0.1, -0.05) is 30.3 Å². The molecule has 0 unspecified atom stereocenters. The summed E-state index contributed by atoms with van der Waals surface area (Å²) in [5, 5.41) is 2.83. The maximum Gasteiger partial charge on any atom is 0.414 e. The number of carbonyl (C=O) groups is 2. The van der Waals surface area contributed by atoms with Gasteiger partial charge in [0.15, 0.2) is 0 Å². The van der Waals surface area contributed by atoms with Crippen LogP contribution in [0.2, 0.25) is 0 Å². The quantitative estimate of drug-likeness (QED) is 0.812. The number of nitrogens with zero attached hydrogens (tertiary/aromatic N) is 1. The molecule has 1 N–H and O–H groups in total. The van der Waals surface area contributed by atoms with Crippen molar-refractivity contribution in [2.24, 2.45) is 0 Å². The molecule has 3 rings (SSSR count). The smallest absolute Gasteiger partial charge is 0.414 e. The van der Waals surface area contributed by atoms with Gasteiger partial charge in [-0.25, -0.2) is 4.79 Å². The third-order valence-corrected chi connectivity index (χ3v) is 4.00. The molecule has 6 nitrogen and oxygen atoms in total. The number of hydrogen-bond donors (Lipinski definition) is 1. The monoisotopic (exact) mass is 352 g/mol. The van der Waals surface area contributed by atoms with Gasteiger partial charge in [-0.2, -0.15) is 0 Å². The fourth-order valence-corrected chi connectivity index (χ4v) is 2.68. The Hall–Kier alpha value is -3.28. The first kappa shape index (κ1) is 17.5. The van der Waals surface area contributed by atoms with Crippen LogP contribution in [0.15, 0.2) is 54.6 Å². The molecule has 0 bridgehead atoms. The van der Waals surface area contributed by atoms with Gasteiger partial charge in [-0.3, -0.25) is 9.69 Å². The van der Waals surface area contributed by atoms with Gasteiger partial charge in [0, 0.05) is 23.9 Å². The summed E-state index contributed by atoms with van der Waals surface area (Å²) in [6, 6.07) is 14.9. The van der Waals surface area contributed by atoms with Crippen molar-refractivity contribution >= 4 is 23.8 Å². The minimum atomic E-state index is -0.342. The Kier molecular flexibility index (Phi) is 5.53. The molecule has 0 saturated carbocycles. The largest absolute Gasteiger partial charge is 0.496 e. The van der Waals surface area contributed by atoms with Crippen molar-refractivity contribution in [1.29, 1.82) is 0 Å². The van der Waals surface area contributed by atoms with Gasteiger partial charge in [0.05, 0.1) is 13.7 Å². The normalized spacial score (nSPS) is 13.7. The van der Waals surface area contributed by atoms with E-state index in [9.17, 15) is 9.59 Å². The van der Waals surface area contributed by atoms with E-state index in [1.54, 1.807) is 18.1 Å². The zero-order valence-electron chi connectivity index (χ0n) is 14.5. The molecule has 0 aromatic heterocycles. The van der Waals surface area contributed by atoms with Crippen LogP contribution in [0.25, 0.3) is 6.08 Å². The van der Waals surface area contributed by atoms with Crippen molar-refractivity contribution in [3.05, 3.63) is 65.7 Å². The highest BCUT2D eigenvalue weighted by molar-refractivity contribution is 5.92. The third-order valence-electron chi connectivity index (χ3n) is 4.00. The number of nitrogens with one attached hydrogen (secondary N) is 1. The summed E-state index contributed by atoms with van der Waals surface area (Å²) < 4.78 is 10.2. The first-order chi connectivity index (χ1) is 12.7. The molecule has 2 aromatic rings. The van der Waals surface area contributed by atoms with Crippen LogP contribution >= 0.6 is 0 Å². The van der Waals surface area contributed by atoms with Crippen LogP contribution in [0, 0.1) is 0 Å². The number of ether oxygens (including phenoxy) is 2. The average Bonchev–Trinajstić information content (AvgIpc) is 3.11. The van der Waals surface area contributed by atoms with Gasteiger partial charge < -0.3 is 14.8 Å². The number of hydrogen-bond acceptors (Lipinski definition) is 4. The van der Waals surface area contributed by atoms with E-state index in [2.05, 4.69) is 5.32 Å². The lowest BCUT2D eigenvalue weighted by Gasteiger charge is -2.14. The second-order valence-corrected chi connectivity index (χ2v) is 5.73. The van der Waals surface area contributed by atoms with Crippen molar-refractivity contribution in [2.45, 2.75) is 6.54 Å². The number of methoxy groups -OCH3 is 1. The molecule has 1 aliphatic rings. The lowest BCUT2D eigenvalue weighted by Crippen LogP contribution is -2.24. The van der Waals surface area contributed by atoms with E-state index in [1.807, 2.05) is 48.5 Å². The highest BCUT2D eigenvalue weighted by atomic mass is 16.6. The van der Waals surface area contributed by atoms with Gasteiger partial charge >= 0.3 is 6.09 Å². The number of carbonyl (C=O) groups excluding carboxylic acids is 2. The third kappa shape index (κ3) is 4.22. The second-order valence-electron chi connectivity index (χ2n) is 5.73. The van der Waals surface area contributed by atoms with Crippen LogP contribution in [0.5, 0.6) is 5.75 Å². The Bertz CT molecular complexity index is 832. The Morgan fingerprint density at radius 3 is 2.88 bits per heavy atom. The van der Waals surface area contributed by atoms with Crippen LogP contribution in [-0.2, 0) is 16.1 Å². The fraction of sp³-hybridized carbons (Fsp3) is 0.200. The minimum absolute atomic E-state index is 0.207. The van der Waals surface area contributed by atoms with Gasteiger partial charge in [0.1, 0.15) is 12.4 Å². The van der Waals surface area contributed by atoms with Crippen LogP contribution in [0.4, 0.5) is 10.5 Å². The summed E-state index contributed by atoms with van der Waals surface area (Å²) in [5.74, 6) is 0.503. The number of amides is 2. The first-order valence-electron chi connectivity index (χ1n) is 8.29. The molecule has 0 aliphatic carbocycles. The molecule has 6 heteroatoms. The Balaban J connectivity index is 1.59. The summed E-state index contributed by atoms with van der Waals surface area (Å²) >= 11 is 0. The Labute approximate surface area is 152 Å². The molecule has 2 aromatic carbocycles. The maximum atomic E-state index is 12.1. The van der Waals surface area contributed by atoms with Crippen molar-refractivity contribution in [2.75, 3.05) is 25.2 Å².